The number of rotatable bonds is 6. The molecule has 2 saturated heterocycles. The molecule has 4 atom stereocenters. The Balaban J connectivity index is 1.75. The van der Waals surface area contributed by atoms with Crippen LogP contribution < -0.4 is 11.1 Å². The van der Waals surface area contributed by atoms with E-state index in [1.165, 1.54) is 40.0 Å². The van der Waals surface area contributed by atoms with Crippen molar-refractivity contribution in [3.05, 3.63) is 41.8 Å². The van der Waals surface area contributed by atoms with Crippen molar-refractivity contribution in [1.82, 2.24) is 19.6 Å². The first kappa shape index (κ1) is 24.4. The lowest BCUT2D eigenvalue weighted by Crippen LogP contribution is -2.61. The quantitative estimate of drug-likeness (QED) is 0.562. The lowest BCUT2D eigenvalue weighted by molar-refractivity contribution is -0.0279. The highest BCUT2D eigenvalue weighted by atomic mass is 19.1. The van der Waals surface area contributed by atoms with E-state index in [9.17, 15) is 24.3 Å². The Kier molecular flexibility index (Phi) is 7.18. The Labute approximate surface area is 201 Å². The summed E-state index contributed by atoms with van der Waals surface area (Å²) in [4.78, 5) is 28.0. The van der Waals surface area contributed by atoms with E-state index in [1.807, 2.05) is 6.92 Å². The van der Waals surface area contributed by atoms with Gasteiger partial charge in [-0.15, -0.1) is 0 Å². The molecule has 0 radical (unpaired) electrons. The van der Waals surface area contributed by atoms with Crippen molar-refractivity contribution < 1.29 is 23.8 Å². The van der Waals surface area contributed by atoms with Gasteiger partial charge < -0.3 is 25.8 Å². The molecule has 0 bridgehead atoms. The van der Waals surface area contributed by atoms with Crippen LogP contribution in [0, 0.1) is 23.1 Å². The van der Waals surface area contributed by atoms with Gasteiger partial charge in [0.05, 0.1) is 37.3 Å². The second-order valence-electron chi connectivity index (χ2n) is 8.74. The second kappa shape index (κ2) is 10.3. The molecule has 2 fully saturated rings. The first-order chi connectivity index (χ1) is 16.8. The highest BCUT2D eigenvalue weighted by Crippen LogP contribution is 2.37. The van der Waals surface area contributed by atoms with Crippen LogP contribution in [-0.2, 0) is 4.74 Å². The summed E-state index contributed by atoms with van der Waals surface area (Å²) in [6.07, 6.45) is 0.697. The molecule has 4 N–H and O–H groups in total. The molecule has 2 aliphatic heterocycles. The van der Waals surface area contributed by atoms with E-state index >= 15 is 0 Å². The van der Waals surface area contributed by atoms with Gasteiger partial charge in [0, 0.05) is 37.6 Å². The van der Waals surface area contributed by atoms with E-state index in [1.54, 1.807) is 0 Å². The summed E-state index contributed by atoms with van der Waals surface area (Å²) >= 11 is 0. The number of nitriles is 1. The zero-order chi connectivity index (χ0) is 25.1. The Bertz CT molecular complexity index is 1110. The van der Waals surface area contributed by atoms with Crippen molar-refractivity contribution in [3.63, 3.8) is 0 Å². The van der Waals surface area contributed by atoms with Crippen LogP contribution in [0.2, 0.25) is 0 Å². The summed E-state index contributed by atoms with van der Waals surface area (Å²) in [6.45, 7) is 4.50. The van der Waals surface area contributed by atoms with Crippen molar-refractivity contribution >= 4 is 23.5 Å². The van der Waals surface area contributed by atoms with E-state index in [-0.39, 0.29) is 24.0 Å². The summed E-state index contributed by atoms with van der Waals surface area (Å²) in [5.41, 5.74) is 6.18. The average Bonchev–Trinajstić information content (AvgIpc) is 3.28. The minimum Gasteiger partial charge on any atom is -0.465 e. The predicted molar refractivity (Wildman–Crippen MR) is 124 cm³/mol. The molecule has 4 rings (SSSR count). The van der Waals surface area contributed by atoms with Gasteiger partial charge in [0.15, 0.2) is 5.82 Å². The van der Waals surface area contributed by atoms with E-state index < -0.39 is 35.8 Å². The number of halogens is 1. The maximum atomic E-state index is 13.3. The number of nitrogens with two attached hydrogens (primary N) is 1. The summed E-state index contributed by atoms with van der Waals surface area (Å²) in [5.74, 6) is -1.55. The number of hydrogen-bond acceptors (Lipinski definition) is 7. The molecule has 2 amide bonds. The van der Waals surface area contributed by atoms with Crippen molar-refractivity contribution in [2.24, 2.45) is 11.7 Å². The normalized spacial score (nSPS) is 23.9. The predicted octanol–water partition coefficient (Wildman–Crippen LogP) is 2.02. The number of hydrogen-bond donors (Lipinski definition) is 3. The molecule has 4 unspecified atom stereocenters. The van der Waals surface area contributed by atoms with Crippen LogP contribution in [0.4, 0.5) is 20.7 Å². The van der Waals surface area contributed by atoms with Crippen LogP contribution in [-0.4, -0.2) is 81.6 Å². The molecule has 186 valence electrons. The van der Waals surface area contributed by atoms with Gasteiger partial charge in [-0.2, -0.15) is 10.4 Å². The first-order valence-corrected chi connectivity index (χ1v) is 11.4. The SMILES string of the molecule is CC(C1C(n2cc(C(N)=O)c(Nc3ccc(F)cc3)n2)C(C#N)CCN1C(=O)O)N1CCOCC1. The van der Waals surface area contributed by atoms with Crippen LogP contribution in [0.5, 0.6) is 0 Å². The molecule has 0 aliphatic carbocycles. The largest absolute Gasteiger partial charge is 0.465 e. The van der Waals surface area contributed by atoms with Crippen LogP contribution in [0.1, 0.15) is 29.7 Å². The van der Waals surface area contributed by atoms with Gasteiger partial charge in [0.25, 0.3) is 5.91 Å². The smallest absolute Gasteiger partial charge is 0.407 e. The summed E-state index contributed by atoms with van der Waals surface area (Å²) < 4.78 is 20.3. The zero-order valence-corrected chi connectivity index (χ0v) is 19.3. The van der Waals surface area contributed by atoms with Crippen LogP contribution in [0.15, 0.2) is 30.5 Å². The third kappa shape index (κ3) is 5.06. The topological polar surface area (TPSA) is 150 Å². The minimum absolute atomic E-state index is 0.0799. The molecule has 2 aliphatic rings. The number of nitrogens with zero attached hydrogens (tertiary/aromatic N) is 5. The fraction of sp³-hybridized carbons (Fsp3) is 0.478. The van der Waals surface area contributed by atoms with E-state index in [0.29, 0.717) is 38.4 Å². The third-order valence-electron chi connectivity index (χ3n) is 6.74. The van der Waals surface area contributed by atoms with Crippen molar-refractivity contribution in [3.8, 4) is 6.07 Å². The third-order valence-corrected chi connectivity index (χ3v) is 6.74. The van der Waals surface area contributed by atoms with Crippen LogP contribution in [0.25, 0.3) is 0 Å². The maximum absolute atomic E-state index is 13.3. The van der Waals surface area contributed by atoms with E-state index in [0.717, 1.165) is 0 Å². The number of likely N-dealkylation sites (tertiary alicyclic amines) is 1. The lowest BCUT2D eigenvalue weighted by Gasteiger charge is -2.48. The fourth-order valence-corrected chi connectivity index (χ4v) is 4.96. The fourth-order valence-electron chi connectivity index (χ4n) is 4.96. The lowest BCUT2D eigenvalue weighted by atomic mass is 9.82. The number of nitrogens with one attached hydrogen (secondary N) is 1. The standard InChI is InChI=1S/C23H28FN7O4/c1-14(29-8-10-35-11-9-29)19-20(15(12-25)6-7-30(19)23(33)34)31-13-18(21(26)32)22(28-31)27-17-4-2-16(24)3-5-17/h2-5,13-15,19-20H,6-11H2,1H3,(H2,26,32)(H,27,28)(H,33,34). The number of carbonyl (C=O) groups excluding carboxylic acids is 1. The molecule has 1 aromatic heterocycles. The Morgan fingerprint density at radius 2 is 1.97 bits per heavy atom. The summed E-state index contributed by atoms with van der Waals surface area (Å²) in [7, 11) is 0. The summed E-state index contributed by atoms with van der Waals surface area (Å²) in [6, 6.07) is 6.31. The molecule has 35 heavy (non-hydrogen) atoms. The first-order valence-electron chi connectivity index (χ1n) is 11.4. The van der Waals surface area contributed by atoms with E-state index in [4.69, 9.17) is 10.5 Å². The molecular formula is C23H28FN7O4. The number of piperidine rings is 1. The van der Waals surface area contributed by atoms with Crippen molar-refractivity contribution in [2.45, 2.75) is 31.5 Å². The van der Waals surface area contributed by atoms with Crippen molar-refractivity contribution in [2.75, 3.05) is 38.2 Å². The summed E-state index contributed by atoms with van der Waals surface area (Å²) in [5, 5.41) is 27.5. The number of carbonyl (C=O) groups is 2. The number of amides is 2. The Hall–Kier alpha value is -3.69. The molecule has 1 aromatic carbocycles. The van der Waals surface area contributed by atoms with Crippen LogP contribution in [0.3, 0.4) is 0 Å². The van der Waals surface area contributed by atoms with Crippen LogP contribution >= 0.6 is 0 Å². The van der Waals surface area contributed by atoms with Gasteiger partial charge in [-0.3, -0.25) is 14.4 Å². The molecule has 3 heterocycles. The average molecular weight is 486 g/mol. The Morgan fingerprint density at radius 3 is 2.57 bits per heavy atom. The zero-order valence-electron chi connectivity index (χ0n) is 19.3. The van der Waals surface area contributed by atoms with E-state index in [2.05, 4.69) is 21.4 Å². The highest BCUT2D eigenvalue weighted by molar-refractivity contribution is 5.98. The maximum Gasteiger partial charge on any atom is 0.407 e. The number of benzene rings is 1. The van der Waals surface area contributed by atoms with Crippen molar-refractivity contribution in [1.29, 1.82) is 5.26 Å². The Morgan fingerprint density at radius 1 is 1.29 bits per heavy atom. The molecule has 11 nitrogen and oxygen atoms in total. The molecule has 0 spiro atoms. The second-order valence-corrected chi connectivity index (χ2v) is 8.74. The highest BCUT2D eigenvalue weighted by Gasteiger charge is 2.46. The number of carboxylic acid groups (broad SMARTS) is 1. The van der Waals surface area contributed by atoms with Gasteiger partial charge in [-0.05, 0) is 37.6 Å². The number of anilines is 2. The van der Waals surface area contributed by atoms with Gasteiger partial charge in [0.2, 0.25) is 0 Å². The molecule has 2 aromatic rings. The molecular weight excluding hydrogens is 457 g/mol. The number of ether oxygens (including phenoxy) is 1. The van der Waals surface area contributed by atoms with Gasteiger partial charge in [-0.1, -0.05) is 0 Å². The number of aromatic nitrogens is 2. The molecule has 12 heteroatoms. The number of morpholine rings is 1. The number of primary amides is 1. The van der Waals surface area contributed by atoms with Gasteiger partial charge in [0.1, 0.15) is 11.4 Å². The minimum atomic E-state index is -1.08. The monoisotopic (exact) mass is 485 g/mol. The van der Waals surface area contributed by atoms with Gasteiger partial charge >= 0.3 is 6.09 Å². The van der Waals surface area contributed by atoms with Gasteiger partial charge in [-0.25, -0.2) is 9.18 Å². The molecule has 0 saturated carbocycles.